The van der Waals surface area contributed by atoms with Crippen molar-refractivity contribution in [3.8, 4) is 0 Å². The summed E-state index contributed by atoms with van der Waals surface area (Å²) < 4.78 is 0. The molecule has 7 nitrogen and oxygen atoms in total. The molecule has 1 aliphatic rings. The van der Waals surface area contributed by atoms with Crippen LogP contribution in [0.5, 0.6) is 0 Å². The van der Waals surface area contributed by atoms with Crippen LogP contribution in [-0.4, -0.2) is 76.4 Å². The number of carbonyl (C=O) groups is 2. The van der Waals surface area contributed by atoms with Gasteiger partial charge in [-0.25, -0.2) is 9.59 Å². The Labute approximate surface area is 174 Å². The van der Waals surface area contributed by atoms with E-state index in [1.54, 1.807) is 0 Å². The molecule has 0 spiro atoms. The molecule has 0 radical (unpaired) electrons. The molecule has 1 saturated heterocycles. The van der Waals surface area contributed by atoms with Crippen LogP contribution in [0.1, 0.15) is 17.2 Å². The van der Waals surface area contributed by atoms with E-state index < -0.39 is 11.9 Å². The predicted molar refractivity (Wildman–Crippen MR) is 110 cm³/mol. The molecule has 0 saturated carbocycles. The first-order valence-corrected chi connectivity index (χ1v) is 9.64. The predicted octanol–water partition coefficient (Wildman–Crippen LogP) is 2.19. The fourth-order valence-electron chi connectivity index (χ4n) is 3.28. The van der Waals surface area contributed by atoms with Crippen LogP contribution < -0.4 is 0 Å². The van der Waals surface area contributed by atoms with Crippen molar-refractivity contribution >= 4 is 23.5 Å². The van der Waals surface area contributed by atoms with E-state index in [-0.39, 0.29) is 12.6 Å². The van der Waals surface area contributed by atoms with E-state index in [1.165, 1.54) is 11.1 Å². The van der Waals surface area contributed by atoms with Gasteiger partial charge in [0.05, 0.1) is 12.6 Å². The maximum absolute atomic E-state index is 9.11. The molecule has 1 aliphatic heterocycles. The number of hydrogen-bond acceptors (Lipinski definition) is 5. The van der Waals surface area contributed by atoms with E-state index >= 15 is 0 Å². The average molecular weight is 421 g/mol. The summed E-state index contributed by atoms with van der Waals surface area (Å²) in [4.78, 5) is 23.0. The van der Waals surface area contributed by atoms with Crippen LogP contribution in [0.3, 0.4) is 0 Å². The number of carboxylic acids is 2. The number of aliphatic carboxylic acids is 2. The number of nitrogens with zero attached hydrogens (tertiary/aromatic N) is 2. The summed E-state index contributed by atoms with van der Waals surface area (Å²) in [5, 5.41) is 24.7. The number of benzene rings is 2. The second-order valence-corrected chi connectivity index (χ2v) is 7.01. The van der Waals surface area contributed by atoms with E-state index in [9.17, 15) is 0 Å². The molecule has 0 bridgehead atoms. The van der Waals surface area contributed by atoms with Crippen molar-refractivity contribution in [2.24, 2.45) is 0 Å². The second kappa shape index (κ2) is 11.5. The summed E-state index contributed by atoms with van der Waals surface area (Å²) in [6, 6.07) is 19.1. The lowest BCUT2D eigenvalue weighted by Crippen LogP contribution is -2.48. The third kappa shape index (κ3) is 7.14. The Hall–Kier alpha value is -2.45. The van der Waals surface area contributed by atoms with E-state index in [4.69, 9.17) is 36.5 Å². The number of carboxylic acid groups (broad SMARTS) is 2. The molecule has 3 rings (SSSR count). The molecule has 156 valence electrons. The number of aliphatic hydroxyl groups is 1. The van der Waals surface area contributed by atoms with Gasteiger partial charge in [0, 0.05) is 37.7 Å². The van der Waals surface area contributed by atoms with E-state index in [0.717, 1.165) is 37.7 Å². The number of halogens is 1. The molecule has 1 atom stereocenters. The molecule has 0 aromatic heterocycles. The molecule has 0 aliphatic carbocycles. The summed E-state index contributed by atoms with van der Waals surface area (Å²) in [6.07, 6.45) is 0. The number of rotatable bonds is 5. The Morgan fingerprint density at radius 1 is 0.862 bits per heavy atom. The quantitative estimate of drug-likeness (QED) is 0.637. The van der Waals surface area contributed by atoms with Crippen molar-refractivity contribution in [3.05, 3.63) is 70.7 Å². The molecule has 3 N–H and O–H groups in total. The molecular weight excluding hydrogens is 396 g/mol. The van der Waals surface area contributed by atoms with Gasteiger partial charge in [-0.3, -0.25) is 9.80 Å². The minimum absolute atomic E-state index is 0.235. The first-order valence-electron chi connectivity index (χ1n) is 9.26. The fourth-order valence-corrected chi connectivity index (χ4v) is 3.41. The van der Waals surface area contributed by atoms with Crippen LogP contribution in [0.15, 0.2) is 54.6 Å². The van der Waals surface area contributed by atoms with Crippen molar-refractivity contribution < 1.29 is 24.9 Å². The third-order valence-electron chi connectivity index (χ3n) is 4.67. The molecule has 1 unspecified atom stereocenters. The van der Waals surface area contributed by atoms with Gasteiger partial charge >= 0.3 is 11.9 Å². The van der Waals surface area contributed by atoms with Crippen LogP contribution in [-0.2, 0) is 9.59 Å². The van der Waals surface area contributed by atoms with Crippen molar-refractivity contribution in [2.45, 2.75) is 6.04 Å². The standard InChI is InChI=1S/C19H23ClN2O.C2H2O4/c20-18-8-6-17(7-9-18)19(16-4-2-1-3-5-16)22-12-10-21(11-13-22)14-15-23;3-1(4)2(5)6/h1-9,19,23H,10-15H2;(H,3,4)(H,5,6). The van der Waals surface area contributed by atoms with Crippen molar-refractivity contribution in [3.63, 3.8) is 0 Å². The SMILES string of the molecule is O=C(O)C(=O)O.OCCN1CCN(C(c2ccccc2)c2ccc(Cl)cc2)CC1. The Morgan fingerprint density at radius 2 is 1.38 bits per heavy atom. The molecular formula is C21H25ClN2O5. The number of aliphatic hydroxyl groups excluding tert-OH is 1. The van der Waals surface area contributed by atoms with Gasteiger partial charge in [0.2, 0.25) is 0 Å². The van der Waals surface area contributed by atoms with Gasteiger partial charge < -0.3 is 15.3 Å². The lowest BCUT2D eigenvalue weighted by molar-refractivity contribution is -0.159. The number of hydrogen-bond donors (Lipinski definition) is 3. The smallest absolute Gasteiger partial charge is 0.414 e. The summed E-state index contributed by atoms with van der Waals surface area (Å²) in [5.41, 5.74) is 2.58. The highest BCUT2D eigenvalue weighted by Crippen LogP contribution is 2.30. The molecule has 0 amide bonds. The normalized spacial score (nSPS) is 15.8. The van der Waals surface area contributed by atoms with Gasteiger partial charge in [-0.15, -0.1) is 0 Å². The Morgan fingerprint density at radius 3 is 1.86 bits per heavy atom. The zero-order valence-corrected chi connectivity index (χ0v) is 16.7. The average Bonchev–Trinajstić information content (AvgIpc) is 2.72. The highest BCUT2D eigenvalue weighted by molar-refractivity contribution is 6.30. The monoisotopic (exact) mass is 420 g/mol. The van der Waals surface area contributed by atoms with E-state index in [2.05, 4.69) is 52.3 Å². The fraction of sp³-hybridized carbons (Fsp3) is 0.333. The highest BCUT2D eigenvalue weighted by atomic mass is 35.5. The first kappa shape index (κ1) is 22.8. The lowest BCUT2D eigenvalue weighted by atomic mass is 9.96. The number of piperazine rings is 1. The van der Waals surface area contributed by atoms with Gasteiger partial charge in [0.25, 0.3) is 0 Å². The lowest BCUT2D eigenvalue weighted by Gasteiger charge is -2.39. The van der Waals surface area contributed by atoms with Crippen LogP contribution in [0.4, 0.5) is 0 Å². The summed E-state index contributed by atoms with van der Waals surface area (Å²) in [7, 11) is 0. The molecule has 1 heterocycles. The van der Waals surface area contributed by atoms with Crippen molar-refractivity contribution in [2.75, 3.05) is 39.3 Å². The zero-order valence-electron chi connectivity index (χ0n) is 15.9. The summed E-state index contributed by atoms with van der Waals surface area (Å²) in [5.74, 6) is -3.65. The van der Waals surface area contributed by atoms with Gasteiger partial charge in [-0.2, -0.15) is 0 Å². The van der Waals surface area contributed by atoms with E-state index in [1.807, 2.05) is 12.1 Å². The van der Waals surface area contributed by atoms with Gasteiger partial charge in [0.1, 0.15) is 0 Å². The first-order chi connectivity index (χ1) is 13.9. The van der Waals surface area contributed by atoms with Crippen molar-refractivity contribution in [1.29, 1.82) is 0 Å². The maximum Gasteiger partial charge on any atom is 0.414 e. The Bertz CT molecular complexity index is 765. The summed E-state index contributed by atoms with van der Waals surface area (Å²) >= 11 is 6.06. The topological polar surface area (TPSA) is 101 Å². The minimum atomic E-state index is -1.82. The maximum atomic E-state index is 9.11. The van der Waals surface area contributed by atoms with Gasteiger partial charge in [-0.1, -0.05) is 54.1 Å². The number of β-amino-alcohol motifs (C(OH)–C–C–N with tert-alkyl or cyclic N) is 1. The second-order valence-electron chi connectivity index (χ2n) is 6.58. The molecule has 2 aromatic rings. The molecule has 29 heavy (non-hydrogen) atoms. The largest absolute Gasteiger partial charge is 0.473 e. The Kier molecular flexibility index (Phi) is 9.08. The van der Waals surface area contributed by atoms with Crippen LogP contribution in [0, 0.1) is 0 Å². The molecule has 2 aromatic carbocycles. The third-order valence-corrected chi connectivity index (χ3v) is 4.92. The van der Waals surface area contributed by atoms with E-state index in [0.29, 0.717) is 0 Å². The highest BCUT2D eigenvalue weighted by Gasteiger charge is 2.26. The minimum Gasteiger partial charge on any atom is -0.473 e. The van der Waals surface area contributed by atoms with Gasteiger partial charge in [-0.05, 0) is 23.3 Å². The van der Waals surface area contributed by atoms with Crippen molar-refractivity contribution in [1.82, 2.24) is 9.80 Å². The Balaban J connectivity index is 0.000000438. The summed E-state index contributed by atoms with van der Waals surface area (Å²) in [6.45, 7) is 5.00. The van der Waals surface area contributed by atoms with Crippen LogP contribution >= 0.6 is 11.6 Å². The molecule has 1 fully saturated rings. The van der Waals surface area contributed by atoms with Gasteiger partial charge in [0.15, 0.2) is 0 Å². The van der Waals surface area contributed by atoms with Crippen LogP contribution in [0.2, 0.25) is 5.02 Å². The van der Waals surface area contributed by atoms with Crippen LogP contribution in [0.25, 0.3) is 0 Å². The molecule has 8 heteroatoms. The zero-order chi connectivity index (χ0) is 21.2.